The Kier molecular flexibility index (Phi) is 2.65. The fraction of sp³-hybridized carbons (Fsp3) is 0.222. The number of benzene rings is 3. The zero-order chi connectivity index (χ0) is 14.6. The van der Waals surface area contributed by atoms with Crippen LogP contribution in [0.3, 0.4) is 0 Å². The summed E-state index contributed by atoms with van der Waals surface area (Å²) in [6.07, 6.45) is 0. The van der Waals surface area contributed by atoms with Crippen molar-refractivity contribution in [2.24, 2.45) is 0 Å². The minimum Gasteiger partial charge on any atom is -0.399 e. The van der Waals surface area contributed by atoms with Crippen LogP contribution in [0.1, 0.15) is 22.3 Å². The Morgan fingerprint density at radius 3 is 2.00 bits per heavy atom. The molecule has 3 aromatic carbocycles. The highest BCUT2D eigenvalue weighted by Crippen LogP contribution is 2.35. The van der Waals surface area contributed by atoms with E-state index in [1.165, 1.54) is 38.2 Å². The van der Waals surface area contributed by atoms with Gasteiger partial charge in [0.25, 0.3) is 0 Å². The first-order chi connectivity index (χ1) is 9.40. The number of aryl methyl sites for hydroxylation is 3. The maximum absolute atomic E-state index is 6.23. The van der Waals surface area contributed by atoms with Gasteiger partial charge >= 0.3 is 0 Å². The highest BCUT2D eigenvalue weighted by molar-refractivity contribution is 6.05. The van der Waals surface area contributed by atoms with Gasteiger partial charge in [-0.3, -0.25) is 0 Å². The highest BCUT2D eigenvalue weighted by Gasteiger charge is 2.11. The summed E-state index contributed by atoms with van der Waals surface area (Å²) in [5.74, 6) is 0. The lowest BCUT2D eigenvalue weighted by atomic mass is 9.91. The topological polar surface area (TPSA) is 52.0 Å². The number of fused-ring (bicyclic) bond motifs is 2. The SMILES string of the molecule is Cc1c(N)c(C)c2cc3cc(N)cc(C)c3cc2c1C. The molecule has 0 aliphatic heterocycles. The molecule has 2 heteroatoms. The van der Waals surface area contributed by atoms with Crippen LogP contribution < -0.4 is 11.5 Å². The van der Waals surface area contributed by atoms with E-state index < -0.39 is 0 Å². The van der Waals surface area contributed by atoms with Crippen molar-refractivity contribution in [2.75, 3.05) is 11.5 Å². The van der Waals surface area contributed by atoms with E-state index in [0.29, 0.717) is 0 Å². The van der Waals surface area contributed by atoms with Crippen LogP contribution in [0, 0.1) is 27.7 Å². The normalized spacial score (nSPS) is 11.4. The minimum atomic E-state index is 0.809. The molecule has 0 radical (unpaired) electrons. The van der Waals surface area contributed by atoms with Crippen molar-refractivity contribution in [2.45, 2.75) is 27.7 Å². The molecule has 3 aromatic rings. The maximum Gasteiger partial charge on any atom is 0.0382 e. The van der Waals surface area contributed by atoms with Crippen molar-refractivity contribution >= 4 is 32.9 Å². The molecule has 0 spiro atoms. The molecule has 3 rings (SSSR count). The molecular weight excluding hydrogens is 244 g/mol. The molecule has 0 unspecified atom stereocenters. The van der Waals surface area contributed by atoms with Crippen LogP contribution in [-0.2, 0) is 0 Å². The summed E-state index contributed by atoms with van der Waals surface area (Å²) >= 11 is 0. The van der Waals surface area contributed by atoms with Crippen molar-refractivity contribution in [1.82, 2.24) is 0 Å². The molecule has 0 aromatic heterocycles. The van der Waals surface area contributed by atoms with E-state index in [-0.39, 0.29) is 0 Å². The lowest BCUT2D eigenvalue weighted by molar-refractivity contribution is 1.35. The number of rotatable bonds is 0. The Balaban J connectivity index is 2.58. The number of nitrogen functional groups attached to an aromatic ring is 2. The third kappa shape index (κ3) is 1.64. The quantitative estimate of drug-likeness (QED) is 0.467. The number of hydrogen-bond donors (Lipinski definition) is 2. The van der Waals surface area contributed by atoms with Crippen LogP contribution in [0.15, 0.2) is 24.3 Å². The van der Waals surface area contributed by atoms with Gasteiger partial charge in [0.05, 0.1) is 0 Å². The third-order valence-corrected chi connectivity index (χ3v) is 4.50. The van der Waals surface area contributed by atoms with Gasteiger partial charge in [-0.2, -0.15) is 0 Å². The van der Waals surface area contributed by atoms with Crippen molar-refractivity contribution in [3.05, 3.63) is 46.5 Å². The Morgan fingerprint density at radius 2 is 1.30 bits per heavy atom. The van der Waals surface area contributed by atoms with Crippen molar-refractivity contribution in [3.63, 3.8) is 0 Å². The van der Waals surface area contributed by atoms with E-state index >= 15 is 0 Å². The monoisotopic (exact) mass is 264 g/mol. The van der Waals surface area contributed by atoms with Gasteiger partial charge in [0, 0.05) is 11.4 Å². The predicted octanol–water partition coefficient (Wildman–Crippen LogP) is 4.39. The fourth-order valence-electron chi connectivity index (χ4n) is 3.08. The second-order valence-corrected chi connectivity index (χ2v) is 5.75. The smallest absolute Gasteiger partial charge is 0.0382 e. The molecule has 0 heterocycles. The van der Waals surface area contributed by atoms with E-state index in [1.54, 1.807) is 0 Å². The van der Waals surface area contributed by atoms with Gasteiger partial charge in [0.2, 0.25) is 0 Å². The number of nitrogens with two attached hydrogens (primary N) is 2. The van der Waals surface area contributed by atoms with Crippen LogP contribution in [0.2, 0.25) is 0 Å². The van der Waals surface area contributed by atoms with Crippen LogP contribution in [-0.4, -0.2) is 0 Å². The maximum atomic E-state index is 6.23. The first-order valence-corrected chi connectivity index (χ1v) is 6.89. The molecular formula is C18H20N2. The van der Waals surface area contributed by atoms with E-state index in [2.05, 4.69) is 39.8 Å². The summed E-state index contributed by atoms with van der Waals surface area (Å²) in [6.45, 7) is 8.44. The molecule has 0 saturated carbocycles. The molecule has 4 N–H and O–H groups in total. The molecule has 2 nitrogen and oxygen atoms in total. The van der Waals surface area contributed by atoms with Crippen LogP contribution in [0.25, 0.3) is 21.5 Å². The number of hydrogen-bond acceptors (Lipinski definition) is 2. The largest absolute Gasteiger partial charge is 0.399 e. The molecule has 0 saturated heterocycles. The zero-order valence-corrected chi connectivity index (χ0v) is 12.5. The Bertz CT molecular complexity index is 861. The average Bonchev–Trinajstić information content (AvgIpc) is 2.41. The Hall–Kier alpha value is -2.22. The van der Waals surface area contributed by atoms with Crippen LogP contribution in [0.4, 0.5) is 11.4 Å². The Morgan fingerprint density at radius 1 is 0.650 bits per heavy atom. The summed E-state index contributed by atoms with van der Waals surface area (Å²) in [5.41, 5.74) is 18.7. The zero-order valence-electron chi connectivity index (χ0n) is 12.5. The van der Waals surface area contributed by atoms with Gasteiger partial charge in [0.1, 0.15) is 0 Å². The molecule has 102 valence electrons. The summed E-state index contributed by atoms with van der Waals surface area (Å²) in [7, 11) is 0. The van der Waals surface area contributed by atoms with Crippen LogP contribution in [0.5, 0.6) is 0 Å². The van der Waals surface area contributed by atoms with Gasteiger partial charge < -0.3 is 11.5 Å². The van der Waals surface area contributed by atoms with Gasteiger partial charge in [-0.05, 0) is 95.8 Å². The second-order valence-electron chi connectivity index (χ2n) is 5.75. The van der Waals surface area contributed by atoms with E-state index in [4.69, 9.17) is 11.5 Å². The van der Waals surface area contributed by atoms with Crippen molar-refractivity contribution in [3.8, 4) is 0 Å². The molecule has 0 aliphatic rings. The van der Waals surface area contributed by atoms with Gasteiger partial charge in [0.15, 0.2) is 0 Å². The molecule has 0 atom stereocenters. The first kappa shape index (κ1) is 12.8. The van der Waals surface area contributed by atoms with Gasteiger partial charge in [-0.15, -0.1) is 0 Å². The standard InChI is InChI=1S/C18H20N2/c1-9-5-14(19)6-13-7-16-12(4)18(20)11(3)10(2)17(16)8-15(9)13/h5-8H,19-20H2,1-4H3. The molecule has 0 fully saturated rings. The molecule has 20 heavy (non-hydrogen) atoms. The van der Waals surface area contributed by atoms with Crippen molar-refractivity contribution in [1.29, 1.82) is 0 Å². The van der Waals surface area contributed by atoms with E-state index in [0.717, 1.165) is 16.9 Å². The minimum absolute atomic E-state index is 0.809. The lowest BCUT2D eigenvalue weighted by Crippen LogP contribution is -1.98. The molecule has 0 aliphatic carbocycles. The lowest BCUT2D eigenvalue weighted by Gasteiger charge is -2.15. The molecule has 0 bridgehead atoms. The average molecular weight is 264 g/mol. The fourth-order valence-corrected chi connectivity index (χ4v) is 3.08. The summed E-state index contributed by atoms with van der Waals surface area (Å²) in [4.78, 5) is 0. The van der Waals surface area contributed by atoms with Gasteiger partial charge in [-0.1, -0.05) is 0 Å². The summed E-state index contributed by atoms with van der Waals surface area (Å²) < 4.78 is 0. The van der Waals surface area contributed by atoms with Crippen molar-refractivity contribution < 1.29 is 0 Å². The van der Waals surface area contributed by atoms with E-state index in [1.807, 2.05) is 12.1 Å². The second kappa shape index (κ2) is 4.14. The van der Waals surface area contributed by atoms with Crippen LogP contribution >= 0.6 is 0 Å². The first-order valence-electron chi connectivity index (χ1n) is 6.89. The summed E-state index contributed by atoms with van der Waals surface area (Å²) in [6, 6.07) is 8.55. The molecule has 0 amide bonds. The third-order valence-electron chi connectivity index (χ3n) is 4.50. The van der Waals surface area contributed by atoms with E-state index in [9.17, 15) is 0 Å². The predicted molar refractivity (Wildman–Crippen MR) is 89.2 cm³/mol. The summed E-state index contributed by atoms with van der Waals surface area (Å²) in [5, 5.41) is 4.96. The number of anilines is 2. The highest BCUT2D eigenvalue weighted by atomic mass is 14.6. The Labute approximate surface area is 119 Å². The van der Waals surface area contributed by atoms with Gasteiger partial charge in [-0.25, -0.2) is 0 Å².